The summed E-state index contributed by atoms with van der Waals surface area (Å²) in [4.78, 5) is 2.39. The van der Waals surface area contributed by atoms with Gasteiger partial charge in [0.25, 0.3) is 0 Å². The van der Waals surface area contributed by atoms with E-state index < -0.39 is 5.60 Å². The van der Waals surface area contributed by atoms with E-state index in [1.54, 1.807) is 0 Å². The normalized spacial score (nSPS) is 32.2. The Kier molecular flexibility index (Phi) is 3.33. The Morgan fingerprint density at radius 2 is 1.73 bits per heavy atom. The molecule has 2 bridgehead atoms. The van der Waals surface area contributed by atoms with Crippen LogP contribution in [0.15, 0.2) is 0 Å². The molecule has 0 saturated carbocycles. The number of morpholine rings is 1. The third-order valence-electron chi connectivity index (χ3n) is 3.95. The van der Waals surface area contributed by atoms with Crippen LogP contribution in [0.5, 0.6) is 0 Å². The van der Waals surface area contributed by atoms with Crippen molar-refractivity contribution in [2.24, 2.45) is 0 Å². The van der Waals surface area contributed by atoms with Gasteiger partial charge in [0.1, 0.15) is 0 Å². The summed E-state index contributed by atoms with van der Waals surface area (Å²) in [6.45, 7) is 6.98. The second kappa shape index (κ2) is 4.40. The monoisotopic (exact) mass is 213 g/mol. The first-order chi connectivity index (χ1) is 7.15. The number of ether oxygens (including phenoxy) is 1. The fourth-order valence-corrected chi connectivity index (χ4v) is 2.72. The minimum atomic E-state index is -0.489. The lowest BCUT2D eigenvalue weighted by Gasteiger charge is -2.37. The standard InChI is InChI=1S/C12H23NO2/c1-3-12(14,4-2)9-13-7-10-5-6-11(8-13)15-10/h10-11,14H,3-9H2,1-2H3. The molecule has 0 spiro atoms. The Balaban J connectivity index is 1.89. The molecule has 2 aliphatic rings. The van der Waals surface area contributed by atoms with Gasteiger partial charge in [-0.25, -0.2) is 0 Å². The molecule has 0 aromatic carbocycles. The fourth-order valence-electron chi connectivity index (χ4n) is 2.72. The SMILES string of the molecule is CCC(O)(CC)CN1CC2CCC(C1)O2. The van der Waals surface area contributed by atoms with Crippen LogP contribution < -0.4 is 0 Å². The van der Waals surface area contributed by atoms with Crippen molar-refractivity contribution in [2.45, 2.75) is 57.3 Å². The molecular formula is C12H23NO2. The molecule has 2 atom stereocenters. The van der Waals surface area contributed by atoms with E-state index in [-0.39, 0.29) is 0 Å². The fraction of sp³-hybridized carbons (Fsp3) is 1.00. The van der Waals surface area contributed by atoms with Gasteiger partial charge >= 0.3 is 0 Å². The molecule has 2 unspecified atom stereocenters. The minimum Gasteiger partial charge on any atom is -0.389 e. The molecule has 0 aliphatic carbocycles. The van der Waals surface area contributed by atoms with Gasteiger partial charge in [-0.05, 0) is 25.7 Å². The molecule has 2 fully saturated rings. The van der Waals surface area contributed by atoms with Crippen molar-refractivity contribution in [1.82, 2.24) is 4.90 Å². The van der Waals surface area contributed by atoms with Crippen LogP contribution in [-0.4, -0.2) is 47.4 Å². The van der Waals surface area contributed by atoms with E-state index in [2.05, 4.69) is 18.7 Å². The van der Waals surface area contributed by atoms with Crippen molar-refractivity contribution in [3.05, 3.63) is 0 Å². The number of β-amino-alcohol motifs (C(OH)–C–C–N with tert-alkyl or cyclic N) is 1. The van der Waals surface area contributed by atoms with Gasteiger partial charge in [0.05, 0.1) is 17.8 Å². The van der Waals surface area contributed by atoms with Crippen molar-refractivity contribution >= 4 is 0 Å². The molecule has 88 valence electrons. The molecule has 15 heavy (non-hydrogen) atoms. The molecule has 0 aromatic rings. The number of nitrogens with zero attached hydrogens (tertiary/aromatic N) is 1. The third-order valence-corrected chi connectivity index (χ3v) is 3.95. The summed E-state index contributed by atoms with van der Waals surface area (Å²) in [5.74, 6) is 0. The predicted molar refractivity (Wildman–Crippen MR) is 59.9 cm³/mol. The summed E-state index contributed by atoms with van der Waals surface area (Å²) in [6, 6.07) is 0. The Morgan fingerprint density at radius 3 is 2.20 bits per heavy atom. The number of aliphatic hydroxyl groups is 1. The van der Waals surface area contributed by atoms with Crippen LogP contribution in [-0.2, 0) is 4.74 Å². The van der Waals surface area contributed by atoms with E-state index in [9.17, 15) is 5.11 Å². The van der Waals surface area contributed by atoms with Gasteiger partial charge in [-0.15, -0.1) is 0 Å². The maximum Gasteiger partial charge on any atom is 0.0768 e. The summed E-state index contributed by atoms with van der Waals surface area (Å²) in [7, 11) is 0. The van der Waals surface area contributed by atoms with Gasteiger partial charge in [-0.1, -0.05) is 13.8 Å². The average molecular weight is 213 g/mol. The zero-order valence-corrected chi connectivity index (χ0v) is 9.91. The second-order valence-electron chi connectivity index (χ2n) is 5.08. The highest BCUT2D eigenvalue weighted by atomic mass is 16.5. The smallest absolute Gasteiger partial charge is 0.0768 e. The average Bonchev–Trinajstić information content (AvgIpc) is 2.58. The molecule has 2 aliphatic heterocycles. The Labute approximate surface area is 92.4 Å². The highest BCUT2D eigenvalue weighted by molar-refractivity contribution is 4.88. The zero-order valence-electron chi connectivity index (χ0n) is 9.91. The van der Waals surface area contributed by atoms with Gasteiger partial charge in [-0.3, -0.25) is 4.90 Å². The lowest BCUT2D eigenvalue weighted by atomic mass is 9.96. The van der Waals surface area contributed by atoms with Crippen molar-refractivity contribution < 1.29 is 9.84 Å². The van der Waals surface area contributed by atoms with Crippen LogP contribution >= 0.6 is 0 Å². The van der Waals surface area contributed by atoms with E-state index in [1.807, 2.05) is 0 Å². The highest BCUT2D eigenvalue weighted by Gasteiger charge is 2.36. The summed E-state index contributed by atoms with van der Waals surface area (Å²) < 4.78 is 5.79. The van der Waals surface area contributed by atoms with Crippen molar-refractivity contribution in [3.8, 4) is 0 Å². The van der Waals surface area contributed by atoms with Gasteiger partial charge in [0.15, 0.2) is 0 Å². The van der Waals surface area contributed by atoms with Crippen LogP contribution in [0.3, 0.4) is 0 Å². The quantitative estimate of drug-likeness (QED) is 0.766. The largest absolute Gasteiger partial charge is 0.389 e. The van der Waals surface area contributed by atoms with E-state index in [0.29, 0.717) is 12.2 Å². The molecule has 2 heterocycles. The first-order valence-electron chi connectivity index (χ1n) is 6.25. The number of fused-ring (bicyclic) bond motifs is 2. The lowest BCUT2D eigenvalue weighted by molar-refractivity contribution is -0.0732. The number of hydrogen-bond donors (Lipinski definition) is 1. The van der Waals surface area contributed by atoms with E-state index in [1.165, 1.54) is 12.8 Å². The molecule has 3 heteroatoms. The first kappa shape index (κ1) is 11.4. The maximum absolute atomic E-state index is 10.3. The van der Waals surface area contributed by atoms with E-state index >= 15 is 0 Å². The van der Waals surface area contributed by atoms with Gasteiger partial charge in [-0.2, -0.15) is 0 Å². The molecule has 3 nitrogen and oxygen atoms in total. The van der Waals surface area contributed by atoms with Crippen molar-refractivity contribution in [2.75, 3.05) is 19.6 Å². The molecule has 2 saturated heterocycles. The van der Waals surface area contributed by atoms with Gasteiger partial charge in [0.2, 0.25) is 0 Å². The Hall–Kier alpha value is -0.120. The lowest BCUT2D eigenvalue weighted by Crippen LogP contribution is -2.50. The summed E-state index contributed by atoms with van der Waals surface area (Å²) in [5, 5.41) is 10.3. The van der Waals surface area contributed by atoms with Gasteiger partial charge in [0, 0.05) is 19.6 Å². The number of hydrogen-bond acceptors (Lipinski definition) is 3. The predicted octanol–water partition coefficient (Wildman–Crippen LogP) is 1.40. The first-order valence-corrected chi connectivity index (χ1v) is 6.25. The highest BCUT2D eigenvalue weighted by Crippen LogP contribution is 2.28. The molecule has 1 N–H and O–H groups in total. The van der Waals surface area contributed by atoms with Crippen LogP contribution in [0, 0.1) is 0 Å². The van der Waals surface area contributed by atoms with Crippen LogP contribution in [0.25, 0.3) is 0 Å². The minimum absolute atomic E-state index is 0.432. The molecular weight excluding hydrogens is 190 g/mol. The Morgan fingerprint density at radius 1 is 1.20 bits per heavy atom. The molecule has 0 amide bonds. The van der Waals surface area contributed by atoms with Crippen LogP contribution in [0.2, 0.25) is 0 Å². The zero-order chi connectivity index (χ0) is 10.9. The van der Waals surface area contributed by atoms with Crippen molar-refractivity contribution in [1.29, 1.82) is 0 Å². The van der Waals surface area contributed by atoms with Crippen LogP contribution in [0.1, 0.15) is 39.5 Å². The second-order valence-corrected chi connectivity index (χ2v) is 5.08. The maximum atomic E-state index is 10.3. The summed E-state index contributed by atoms with van der Waals surface area (Å²) >= 11 is 0. The Bertz CT molecular complexity index is 204. The topological polar surface area (TPSA) is 32.7 Å². The summed E-state index contributed by atoms with van der Waals surface area (Å²) in [5.41, 5.74) is -0.489. The molecule has 0 aromatic heterocycles. The summed E-state index contributed by atoms with van der Waals surface area (Å²) in [6.07, 6.45) is 4.96. The van der Waals surface area contributed by atoms with E-state index in [4.69, 9.17) is 4.74 Å². The molecule has 0 radical (unpaired) electrons. The van der Waals surface area contributed by atoms with Gasteiger partial charge < -0.3 is 9.84 Å². The van der Waals surface area contributed by atoms with E-state index in [0.717, 1.165) is 32.5 Å². The van der Waals surface area contributed by atoms with Crippen molar-refractivity contribution in [3.63, 3.8) is 0 Å². The number of rotatable bonds is 4. The van der Waals surface area contributed by atoms with Crippen LogP contribution in [0.4, 0.5) is 0 Å². The molecule has 2 rings (SSSR count). The third kappa shape index (κ3) is 2.52. The number of likely N-dealkylation sites (tertiary alicyclic amines) is 1.